The van der Waals surface area contributed by atoms with E-state index in [9.17, 15) is 13.6 Å². The Morgan fingerprint density at radius 2 is 2.21 bits per heavy atom. The summed E-state index contributed by atoms with van der Waals surface area (Å²) in [6.07, 6.45) is 0. The zero-order valence-corrected chi connectivity index (χ0v) is 10.0. The molecular weight excluding hydrogens is 260 g/mol. The fourth-order valence-corrected chi connectivity index (χ4v) is 1.49. The lowest BCUT2D eigenvalue weighted by atomic mass is 10.0. The fourth-order valence-electron chi connectivity index (χ4n) is 1.49. The second kappa shape index (κ2) is 6.66. The molecule has 102 valence electrons. The summed E-state index contributed by atoms with van der Waals surface area (Å²) in [4.78, 5) is 11.7. The smallest absolute Gasteiger partial charge is 0.387 e. The Kier molecular flexibility index (Phi) is 5.21. The van der Waals surface area contributed by atoms with Crippen molar-refractivity contribution in [1.82, 2.24) is 0 Å². The monoisotopic (exact) mass is 271 g/mol. The Bertz CT molecular complexity index is 511. The molecule has 0 aliphatic rings. The van der Waals surface area contributed by atoms with Gasteiger partial charge in [0.2, 0.25) is 0 Å². The van der Waals surface area contributed by atoms with Crippen LogP contribution in [0.25, 0.3) is 0 Å². The van der Waals surface area contributed by atoms with E-state index in [4.69, 9.17) is 15.1 Å². The van der Waals surface area contributed by atoms with Crippen molar-refractivity contribution in [2.24, 2.45) is 0 Å². The SMILES string of the molecule is CCOC(=O)c1c(CO)cc(C#N)cc1OC(F)F. The van der Waals surface area contributed by atoms with E-state index in [1.807, 2.05) is 0 Å². The van der Waals surface area contributed by atoms with Gasteiger partial charge >= 0.3 is 12.6 Å². The van der Waals surface area contributed by atoms with Crippen LogP contribution in [0, 0.1) is 11.3 Å². The number of aliphatic hydroxyl groups excluding tert-OH is 1. The maximum atomic E-state index is 12.3. The van der Waals surface area contributed by atoms with Gasteiger partial charge in [-0.1, -0.05) is 0 Å². The average Bonchev–Trinajstić information content (AvgIpc) is 2.37. The Labute approximate surface area is 108 Å². The normalized spacial score (nSPS) is 10.1. The van der Waals surface area contributed by atoms with Gasteiger partial charge in [-0.05, 0) is 24.6 Å². The number of halogens is 2. The average molecular weight is 271 g/mol. The minimum absolute atomic E-state index is 0.00634. The van der Waals surface area contributed by atoms with Crippen molar-refractivity contribution in [3.8, 4) is 11.8 Å². The molecular formula is C12H11F2NO4. The summed E-state index contributed by atoms with van der Waals surface area (Å²) in [6.45, 7) is -2.18. The molecule has 0 aliphatic carbocycles. The summed E-state index contributed by atoms with van der Waals surface area (Å²) < 4.78 is 33.5. The Morgan fingerprint density at radius 3 is 2.68 bits per heavy atom. The Balaban J connectivity index is 3.37. The summed E-state index contributed by atoms with van der Waals surface area (Å²) in [5.74, 6) is -1.39. The third kappa shape index (κ3) is 3.63. The van der Waals surface area contributed by atoms with Gasteiger partial charge in [0.1, 0.15) is 11.3 Å². The van der Waals surface area contributed by atoms with Crippen LogP contribution in [0.15, 0.2) is 12.1 Å². The number of carbonyl (C=O) groups excluding carboxylic acids is 1. The molecule has 7 heteroatoms. The molecule has 0 saturated carbocycles. The first kappa shape index (κ1) is 14.9. The van der Waals surface area contributed by atoms with Gasteiger partial charge in [0.15, 0.2) is 0 Å². The van der Waals surface area contributed by atoms with Gasteiger partial charge in [0.25, 0.3) is 0 Å². The molecule has 1 aromatic rings. The number of hydrogen-bond donors (Lipinski definition) is 1. The Morgan fingerprint density at radius 1 is 1.53 bits per heavy atom. The van der Waals surface area contributed by atoms with Crippen LogP contribution < -0.4 is 4.74 Å². The van der Waals surface area contributed by atoms with Gasteiger partial charge in [0, 0.05) is 0 Å². The number of rotatable bonds is 5. The van der Waals surface area contributed by atoms with Crippen molar-refractivity contribution in [3.63, 3.8) is 0 Å². The van der Waals surface area contributed by atoms with Crippen LogP contribution in [0.2, 0.25) is 0 Å². The van der Waals surface area contributed by atoms with E-state index in [1.165, 1.54) is 6.07 Å². The molecule has 1 N–H and O–H groups in total. The van der Waals surface area contributed by atoms with Gasteiger partial charge < -0.3 is 14.6 Å². The molecule has 0 aromatic heterocycles. The summed E-state index contributed by atoms with van der Waals surface area (Å²) in [5, 5.41) is 17.9. The standard InChI is InChI=1S/C12H11F2NO4/c1-2-18-11(17)10-8(6-16)3-7(5-15)4-9(10)19-12(13)14/h3-4,12,16H,2,6H2,1H3. The molecule has 0 aliphatic heterocycles. The molecule has 0 spiro atoms. The van der Waals surface area contributed by atoms with Crippen LogP contribution in [-0.2, 0) is 11.3 Å². The maximum absolute atomic E-state index is 12.3. The maximum Gasteiger partial charge on any atom is 0.387 e. The predicted molar refractivity (Wildman–Crippen MR) is 59.7 cm³/mol. The topological polar surface area (TPSA) is 79.5 Å². The van der Waals surface area contributed by atoms with Gasteiger partial charge in [-0.2, -0.15) is 14.0 Å². The minimum atomic E-state index is -3.16. The molecule has 0 amide bonds. The lowest BCUT2D eigenvalue weighted by Gasteiger charge is -2.13. The molecule has 0 atom stereocenters. The highest BCUT2D eigenvalue weighted by atomic mass is 19.3. The highest BCUT2D eigenvalue weighted by Crippen LogP contribution is 2.27. The van der Waals surface area contributed by atoms with E-state index in [2.05, 4.69) is 4.74 Å². The largest absolute Gasteiger partial charge is 0.462 e. The molecule has 0 saturated heterocycles. The number of aliphatic hydroxyl groups is 1. The van der Waals surface area contributed by atoms with Gasteiger partial charge in [-0.15, -0.1) is 0 Å². The van der Waals surface area contributed by atoms with E-state index in [1.54, 1.807) is 13.0 Å². The number of ether oxygens (including phenoxy) is 2. The summed E-state index contributed by atoms with van der Waals surface area (Å²) in [6, 6.07) is 3.94. The Hall–Kier alpha value is -2.20. The van der Waals surface area contributed by atoms with Crippen LogP contribution in [-0.4, -0.2) is 24.3 Å². The van der Waals surface area contributed by atoms with Crippen LogP contribution in [0.1, 0.15) is 28.4 Å². The van der Waals surface area contributed by atoms with Crippen molar-refractivity contribution >= 4 is 5.97 Å². The molecule has 19 heavy (non-hydrogen) atoms. The number of nitriles is 1. The number of carbonyl (C=O) groups is 1. The molecule has 5 nitrogen and oxygen atoms in total. The van der Waals surface area contributed by atoms with Gasteiger partial charge in [-0.3, -0.25) is 0 Å². The van der Waals surface area contributed by atoms with E-state index < -0.39 is 24.9 Å². The third-order valence-electron chi connectivity index (χ3n) is 2.18. The van der Waals surface area contributed by atoms with Crippen molar-refractivity contribution in [3.05, 3.63) is 28.8 Å². The second-order valence-corrected chi connectivity index (χ2v) is 3.38. The number of nitrogens with zero attached hydrogens (tertiary/aromatic N) is 1. The van der Waals surface area contributed by atoms with E-state index in [0.29, 0.717) is 0 Å². The van der Waals surface area contributed by atoms with Crippen LogP contribution in [0.4, 0.5) is 8.78 Å². The molecule has 0 radical (unpaired) electrons. The number of hydrogen-bond acceptors (Lipinski definition) is 5. The first-order chi connectivity index (χ1) is 9.03. The molecule has 0 unspecified atom stereocenters. The zero-order chi connectivity index (χ0) is 14.4. The van der Waals surface area contributed by atoms with Crippen LogP contribution in [0.5, 0.6) is 5.75 Å². The summed E-state index contributed by atoms with van der Waals surface area (Å²) in [5.41, 5.74) is -0.315. The molecule has 0 fully saturated rings. The van der Waals surface area contributed by atoms with Gasteiger partial charge in [0.05, 0.1) is 24.8 Å². The zero-order valence-electron chi connectivity index (χ0n) is 10.0. The third-order valence-corrected chi connectivity index (χ3v) is 2.18. The van der Waals surface area contributed by atoms with Crippen molar-refractivity contribution in [2.45, 2.75) is 20.1 Å². The highest BCUT2D eigenvalue weighted by Gasteiger charge is 2.22. The second-order valence-electron chi connectivity index (χ2n) is 3.38. The molecule has 1 rings (SSSR count). The summed E-state index contributed by atoms with van der Waals surface area (Å²) in [7, 11) is 0. The minimum Gasteiger partial charge on any atom is -0.462 e. The number of benzene rings is 1. The lowest BCUT2D eigenvalue weighted by Crippen LogP contribution is -2.13. The van der Waals surface area contributed by atoms with E-state index >= 15 is 0 Å². The molecule has 0 heterocycles. The predicted octanol–water partition coefficient (Wildman–Crippen LogP) is 1.83. The molecule has 1 aromatic carbocycles. The number of esters is 1. The van der Waals surface area contributed by atoms with Crippen molar-refractivity contribution in [1.29, 1.82) is 5.26 Å². The molecule has 0 bridgehead atoms. The van der Waals surface area contributed by atoms with Gasteiger partial charge in [-0.25, -0.2) is 4.79 Å². The quantitative estimate of drug-likeness (QED) is 0.826. The summed E-state index contributed by atoms with van der Waals surface area (Å²) >= 11 is 0. The fraction of sp³-hybridized carbons (Fsp3) is 0.333. The highest BCUT2D eigenvalue weighted by molar-refractivity contribution is 5.94. The first-order valence-electron chi connectivity index (χ1n) is 5.33. The van der Waals surface area contributed by atoms with Crippen molar-refractivity contribution in [2.75, 3.05) is 6.61 Å². The van der Waals surface area contributed by atoms with E-state index in [0.717, 1.165) is 6.07 Å². The number of alkyl halides is 2. The van der Waals surface area contributed by atoms with Crippen LogP contribution in [0.3, 0.4) is 0 Å². The lowest BCUT2D eigenvalue weighted by molar-refractivity contribution is -0.0505. The van der Waals surface area contributed by atoms with E-state index in [-0.39, 0.29) is 23.3 Å². The van der Waals surface area contributed by atoms with Crippen LogP contribution >= 0.6 is 0 Å². The van der Waals surface area contributed by atoms with Crippen molar-refractivity contribution < 1.29 is 28.2 Å². The first-order valence-corrected chi connectivity index (χ1v) is 5.33.